The number of fused-ring (bicyclic) bond motifs is 16. The Balaban J connectivity index is 1.32. The Morgan fingerprint density at radius 1 is 0.609 bits per heavy atom. The summed E-state index contributed by atoms with van der Waals surface area (Å²) in [6.45, 7) is 55.1. The number of hydrogen-bond acceptors (Lipinski definition) is 13. The maximum Gasteiger partial charge on any atom is 0.308 e. The Labute approximate surface area is 531 Å². The number of esters is 1. The fourth-order valence-electron chi connectivity index (χ4n) is 13.3. The Kier molecular flexibility index (Phi) is 24.5. The molecular formula is C71H122O13Si3. The number of benzene rings is 1. The van der Waals surface area contributed by atoms with Crippen molar-refractivity contribution in [3.8, 4) is 5.75 Å². The molecule has 5 saturated heterocycles. The highest BCUT2D eigenvalue weighted by atomic mass is 28.4. The maximum atomic E-state index is 14.9. The molecule has 7 aliphatic heterocycles. The molecule has 1 N–H and O–H groups in total. The summed E-state index contributed by atoms with van der Waals surface area (Å²) in [5, 5.41) is 11.2. The molecule has 8 rings (SSSR count). The summed E-state index contributed by atoms with van der Waals surface area (Å²) in [5.41, 5.74) is 3.17. The lowest BCUT2D eigenvalue weighted by atomic mass is 9.77. The van der Waals surface area contributed by atoms with Crippen LogP contribution in [-0.4, -0.2) is 141 Å². The molecule has 20 atom stereocenters. The first-order chi connectivity index (χ1) is 40.4. The highest BCUT2D eigenvalue weighted by molar-refractivity contribution is 6.75. The van der Waals surface area contributed by atoms with Gasteiger partial charge in [0.1, 0.15) is 36.3 Å². The van der Waals surface area contributed by atoms with Crippen molar-refractivity contribution in [2.75, 3.05) is 7.11 Å². The molecule has 87 heavy (non-hydrogen) atoms. The quantitative estimate of drug-likeness (QED) is 0.121. The van der Waals surface area contributed by atoms with Gasteiger partial charge >= 0.3 is 5.97 Å². The maximum absolute atomic E-state index is 14.9. The number of carbonyl (C=O) groups is 1. The van der Waals surface area contributed by atoms with Gasteiger partial charge in [-0.2, -0.15) is 0 Å². The Morgan fingerprint density at radius 2 is 1.18 bits per heavy atom. The van der Waals surface area contributed by atoms with Gasteiger partial charge in [-0.25, -0.2) is 0 Å². The molecule has 4 unspecified atom stereocenters. The molecule has 0 amide bonds. The van der Waals surface area contributed by atoms with Crippen molar-refractivity contribution < 1.29 is 61.1 Å². The van der Waals surface area contributed by atoms with E-state index in [1.807, 2.05) is 12.1 Å². The fraction of sp³-hybridized carbons (Fsp3) is 0.817. The van der Waals surface area contributed by atoms with Gasteiger partial charge in [-0.15, -0.1) is 0 Å². The summed E-state index contributed by atoms with van der Waals surface area (Å²) in [7, 11) is -6.07. The van der Waals surface area contributed by atoms with Crippen LogP contribution in [0.2, 0.25) is 54.4 Å². The average Bonchev–Trinajstić information content (AvgIpc) is 2.26. The predicted molar refractivity (Wildman–Crippen MR) is 357 cm³/mol. The van der Waals surface area contributed by atoms with Gasteiger partial charge in [0.25, 0.3) is 0 Å². The van der Waals surface area contributed by atoms with Gasteiger partial charge in [-0.1, -0.05) is 146 Å². The third-order valence-electron chi connectivity index (χ3n) is 22.2. The van der Waals surface area contributed by atoms with Crippen molar-refractivity contribution in [1.82, 2.24) is 0 Å². The summed E-state index contributed by atoms with van der Waals surface area (Å²) < 4.78 is 78.7. The molecule has 496 valence electrons. The van der Waals surface area contributed by atoms with E-state index in [1.54, 1.807) is 7.11 Å². The monoisotopic (exact) mass is 1270 g/mol. The Morgan fingerprint density at radius 3 is 1.79 bits per heavy atom. The topological polar surface area (TPSA) is 139 Å². The lowest BCUT2D eigenvalue weighted by molar-refractivity contribution is -0.270. The molecule has 0 radical (unpaired) electrons. The van der Waals surface area contributed by atoms with Crippen LogP contribution in [-0.2, 0) is 57.8 Å². The molecule has 0 saturated carbocycles. The molecule has 7 heterocycles. The summed E-state index contributed by atoms with van der Waals surface area (Å²) in [4.78, 5) is 14.9. The normalized spacial score (nSPS) is 37.4. The largest absolute Gasteiger partial charge is 0.497 e. The molecule has 5 fully saturated rings. The van der Waals surface area contributed by atoms with Crippen LogP contribution in [0.4, 0.5) is 0 Å². The number of allylic oxidation sites excluding steroid dienone is 1. The van der Waals surface area contributed by atoms with E-state index in [-0.39, 0.29) is 94.1 Å². The number of ether oxygens (including phenoxy) is 8. The second kappa shape index (κ2) is 29.5. The smallest absolute Gasteiger partial charge is 0.308 e. The minimum absolute atomic E-state index is 0.0289. The van der Waals surface area contributed by atoms with Gasteiger partial charge in [-0.05, 0) is 166 Å². The SMILES string of the molecule is C=C1[C@H](C)C[C@H](O)CC[C@@H]2OC(CCC(OCc3ccc(OC)cc3)/C=C/[C@H](O[Si](C)(C)C(C)(C)C)[C@@H]3O[C@H]4CCC(CC(=O)O[C@@H]5[C@@H](C)[C@@H]6O[C@H](CCC)[C@H](C)CC6O[C@H]5C[C@H]1C)O[C@@H]4[C@H](O[Si](C)(C)C(C)(C)C)[C@@H]3O[Si](C)(C)C(C)(C)C)CC2=C. The van der Waals surface area contributed by atoms with Gasteiger partial charge in [0.15, 0.2) is 25.0 Å². The van der Waals surface area contributed by atoms with Crippen LogP contribution in [0.1, 0.15) is 186 Å². The molecule has 0 spiro atoms. The van der Waals surface area contributed by atoms with Crippen LogP contribution in [0.15, 0.2) is 60.7 Å². The third-order valence-corrected chi connectivity index (χ3v) is 35.6. The number of carbonyl (C=O) groups excluding carboxylic acids is 1. The van der Waals surface area contributed by atoms with Gasteiger partial charge in [0, 0.05) is 5.92 Å². The standard InChI is InChI=1S/C71H122O13Si3/c1-24-25-56-47(5)41-61-63(79-56)49(7)64-60(78-61)40-45(3)48(6)44(2)38-51(72)28-35-57-46(4)39-54(76-57)32-31-53(75-43-50-26-29-52(74-17)30-27-50)33-37-59(82-85(18,19)69(8,9)10)66-68(84-87(22,23)71(14,15)16)67(83-86(20,21)70(11,12)13)65-58(80-66)36-34-55(77-65)42-62(73)81-64/h26-27,29-30,33,37,44-45,47,49,51,53-61,63-68,72H,4,6,24-25,28,31-32,34-36,38-43H2,1-3,5,7-23H3/b37-33+/t44-,45-,47-,49+,51-,53?,54?,55?,56-,57+,58+,59+,60+,61?,63+,64-,65+,66+,67+,68-/m1/s1. The number of aliphatic hydroxyl groups excluding tert-OH is 1. The fourth-order valence-corrected chi connectivity index (χ4v) is 17.2. The number of methoxy groups -OCH3 is 1. The highest BCUT2D eigenvalue weighted by Crippen LogP contribution is 2.49. The molecule has 13 nitrogen and oxygen atoms in total. The molecule has 0 aliphatic carbocycles. The van der Waals surface area contributed by atoms with E-state index in [4.69, 9.17) is 51.2 Å². The third kappa shape index (κ3) is 18.2. The summed E-state index contributed by atoms with van der Waals surface area (Å²) >= 11 is 0. The van der Waals surface area contributed by atoms with E-state index in [0.29, 0.717) is 57.5 Å². The van der Waals surface area contributed by atoms with Crippen molar-refractivity contribution in [2.24, 2.45) is 23.7 Å². The zero-order valence-electron chi connectivity index (χ0n) is 58.2. The molecular weight excluding hydrogens is 1150 g/mol. The minimum Gasteiger partial charge on any atom is -0.497 e. The van der Waals surface area contributed by atoms with Gasteiger partial charge in [0.2, 0.25) is 0 Å². The van der Waals surface area contributed by atoms with Crippen LogP contribution >= 0.6 is 0 Å². The van der Waals surface area contributed by atoms with Crippen molar-refractivity contribution in [3.63, 3.8) is 0 Å². The molecule has 7 aliphatic rings. The first kappa shape index (κ1) is 72.4. The zero-order valence-corrected chi connectivity index (χ0v) is 61.2. The average molecular weight is 1270 g/mol. The summed E-state index contributed by atoms with van der Waals surface area (Å²) in [6.07, 6.45) is 7.50. The Bertz CT molecular complexity index is 2430. The number of rotatable bonds is 12. The van der Waals surface area contributed by atoms with E-state index in [2.05, 4.69) is 174 Å². The van der Waals surface area contributed by atoms with E-state index in [9.17, 15) is 9.90 Å². The van der Waals surface area contributed by atoms with Crippen molar-refractivity contribution >= 4 is 30.9 Å². The van der Waals surface area contributed by atoms with Gasteiger partial charge in [0.05, 0.1) is 87.3 Å². The van der Waals surface area contributed by atoms with Crippen molar-refractivity contribution in [2.45, 2.75) is 339 Å². The first-order valence-electron chi connectivity index (χ1n) is 33.9. The second-order valence-corrected chi connectivity index (χ2v) is 46.5. The second-order valence-electron chi connectivity index (χ2n) is 32.2. The number of hydrogen-bond donors (Lipinski definition) is 1. The van der Waals surface area contributed by atoms with Crippen molar-refractivity contribution in [3.05, 3.63) is 66.3 Å². The molecule has 1 aromatic carbocycles. The van der Waals surface area contributed by atoms with Crippen LogP contribution < -0.4 is 4.74 Å². The zero-order chi connectivity index (χ0) is 64.4. The van der Waals surface area contributed by atoms with Gasteiger partial charge in [-0.3, -0.25) is 4.79 Å². The first-order valence-corrected chi connectivity index (χ1v) is 42.6. The van der Waals surface area contributed by atoms with E-state index < -0.39 is 73.8 Å². The van der Waals surface area contributed by atoms with E-state index >= 15 is 0 Å². The molecule has 0 aromatic heterocycles. The van der Waals surface area contributed by atoms with Crippen LogP contribution in [0.3, 0.4) is 0 Å². The van der Waals surface area contributed by atoms with Gasteiger partial charge < -0.3 is 56.3 Å². The van der Waals surface area contributed by atoms with E-state index in [0.717, 1.165) is 54.6 Å². The molecule has 6 bridgehead atoms. The van der Waals surface area contributed by atoms with E-state index in [1.165, 1.54) is 0 Å². The van der Waals surface area contributed by atoms with Crippen LogP contribution in [0.5, 0.6) is 5.75 Å². The van der Waals surface area contributed by atoms with Crippen LogP contribution in [0, 0.1) is 23.7 Å². The highest BCUT2D eigenvalue weighted by Gasteiger charge is 2.59. The van der Waals surface area contributed by atoms with Crippen LogP contribution in [0.25, 0.3) is 0 Å². The summed E-state index contributed by atoms with van der Waals surface area (Å²) in [6, 6.07) is 8.06. The molecule has 16 heteroatoms. The molecule has 1 aromatic rings. The number of aliphatic hydroxyl groups is 1. The Hall–Kier alpha value is -2.04. The minimum atomic E-state index is -2.61. The predicted octanol–water partition coefficient (Wildman–Crippen LogP) is 16.2. The van der Waals surface area contributed by atoms with Crippen molar-refractivity contribution in [1.29, 1.82) is 0 Å². The lowest BCUT2D eigenvalue weighted by Crippen LogP contribution is -2.69. The summed E-state index contributed by atoms with van der Waals surface area (Å²) in [5.74, 6) is 0.792. The lowest BCUT2D eigenvalue weighted by Gasteiger charge is -2.56.